The lowest BCUT2D eigenvalue weighted by atomic mass is 9.97. The molecule has 1 saturated carbocycles. The van der Waals surface area contributed by atoms with Crippen molar-refractivity contribution in [3.8, 4) is 11.3 Å². The lowest BCUT2D eigenvalue weighted by Gasteiger charge is -2.39. The fourth-order valence-electron chi connectivity index (χ4n) is 6.50. The Hall–Kier alpha value is -3.28. The molecule has 1 aromatic heterocycles. The zero-order chi connectivity index (χ0) is 31.3. The molecule has 3 aliphatic rings. The average Bonchev–Trinajstić information content (AvgIpc) is 3.70. The minimum absolute atomic E-state index is 0.0637. The number of rotatable bonds is 7. The van der Waals surface area contributed by atoms with Crippen LogP contribution in [0.25, 0.3) is 11.3 Å². The van der Waals surface area contributed by atoms with Crippen LogP contribution in [0.5, 0.6) is 0 Å². The molecule has 3 aromatic rings. The Morgan fingerprint density at radius 3 is 2.48 bits per heavy atom. The van der Waals surface area contributed by atoms with Crippen molar-refractivity contribution < 1.29 is 36.8 Å². The number of alkyl halides is 3. The van der Waals surface area contributed by atoms with Crippen molar-refractivity contribution in [1.29, 1.82) is 0 Å². The summed E-state index contributed by atoms with van der Waals surface area (Å²) in [7, 11) is 1.01. The first-order valence-corrected chi connectivity index (χ1v) is 15.1. The molecule has 1 N–H and O–H groups in total. The van der Waals surface area contributed by atoms with Gasteiger partial charge in [0.05, 0.1) is 41.0 Å². The highest BCUT2D eigenvalue weighted by molar-refractivity contribution is 6.39. The maximum Gasteiger partial charge on any atom is 0.417 e. The third-order valence-corrected chi connectivity index (χ3v) is 9.37. The number of nitrogens with zero attached hydrogens (tertiary/aromatic N) is 2. The molecule has 2 unspecified atom stereocenters. The second-order valence-corrected chi connectivity index (χ2v) is 12.5. The molecule has 2 bridgehead atoms. The second kappa shape index (κ2) is 11.9. The number of hydrogen-bond acceptors (Lipinski definition) is 6. The molecule has 3 heterocycles. The van der Waals surface area contributed by atoms with Gasteiger partial charge >= 0.3 is 18.2 Å². The van der Waals surface area contributed by atoms with Gasteiger partial charge in [0.2, 0.25) is 0 Å². The predicted molar refractivity (Wildman–Crippen MR) is 157 cm³/mol. The summed E-state index contributed by atoms with van der Waals surface area (Å²) in [5, 5.41) is 7.85. The van der Waals surface area contributed by atoms with Crippen molar-refractivity contribution >= 4 is 40.9 Å². The number of aromatic nitrogens is 1. The van der Waals surface area contributed by atoms with E-state index in [1.807, 2.05) is 0 Å². The van der Waals surface area contributed by atoms with Crippen LogP contribution >= 0.6 is 23.2 Å². The van der Waals surface area contributed by atoms with E-state index < -0.39 is 29.3 Å². The topological polar surface area (TPSA) is 93.9 Å². The number of hydrogen-bond donors (Lipinski definition) is 1. The number of esters is 1. The van der Waals surface area contributed by atoms with Gasteiger partial charge < -0.3 is 24.2 Å². The summed E-state index contributed by atoms with van der Waals surface area (Å²) in [5.74, 6) is 0.113. The van der Waals surface area contributed by atoms with E-state index in [2.05, 4.69) is 22.1 Å². The Morgan fingerprint density at radius 2 is 1.84 bits per heavy atom. The molecule has 0 radical (unpaired) electrons. The Labute approximate surface area is 261 Å². The number of ether oxygens (including phenoxy) is 2. The van der Waals surface area contributed by atoms with E-state index >= 15 is 0 Å². The summed E-state index contributed by atoms with van der Waals surface area (Å²) in [6.45, 7) is 2.30. The summed E-state index contributed by atoms with van der Waals surface area (Å²) in [6.07, 6.45) is -1.09. The highest BCUT2D eigenvalue weighted by atomic mass is 35.5. The standard InChI is InChI=1S/C31H30Cl2F3N3O5/c1-15-10-18-12-19(43-14-21-27(38-44-28(21)16-6-7-16)26-23(32)4-3-5-24(26)33)13-25(15)39(18)30(41)37-17-8-9-20(29(40)42-2)22(11-17)31(34,35)36/h3-5,8-9,11,15-16,18-19,25H,6-7,10,12-14H2,1-2H3,(H,37,41)/t15-,18?,19+,25?/m1/s1. The van der Waals surface area contributed by atoms with Crippen LogP contribution in [0.3, 0.4) is 0 Å². The van der Waals surface area contributed by atoms with Crippen LogP contribution in [0, 0.1) is 5.92 Å². The number of fused-ring (bicyclic) bond motifs is 2. The molecule has 6 rings (SSSR count). The van der Waals surface area contributed by atoms with E-state index in [0.29, 0.717) is 34.1 Å². The van der Waals surface area contributed by atoms with Crippen molar-refractivity contribution in [2.45, 2.75) is 75.9 Å². The third-order valence-electron chi connectivity index (χ3n) is 8.74. The maximum absolute atomic E-state index is 13.7. The number of amides is 2. The van der Waals surface area contributed by atoms with Gasteiger partial charge in [0.1, 0.15) is 11.5 Å². The highest BCUT2D eigenvalue weighted by Gasteiger charge is 2.48. The Balaban J connectivity index is 1.17. The van der Waals surface area contributed by atoms with Crippen LogP contribution in [0.15, 0.2) is 40.9 Å². The molecule has 2 amide bonds. The minimum Gasteiger partial charge on any atom is -0.465 e. The van der Waals surface area contributed by atoms with Crippen molar-refractivity contribution in [2.24, 2.45) is 5.92 Å². The summed E-state index contributed by atoms with van der Waals surface area (Å²) >= 11 is 13.0. The van der Waals surface area contributed by atoms with Crippen LogP contribution in [0.4, 0.5) is 23.7 Å². The zero-order valence-electron chi connectivity index (χ0n) is 23.9. The lowest BCUT2D eigenvalue weighted by molar-refractivity contribution is -0.138. The number of methoxy groups -OCH3 is 1. The monoisotopic (exact) mass is 651 g/mol. The summed E-state index contributed by atoms with van der Waals surface area (Å²) in [5.41, 5.74) is 0.112. The van der Waals surface area contributed by atoms with Crippen molar-refractivity contribution in [3.05, 3.63) is 68.9 Å². The first-order valence-electron chi connectivity index (χ1n) is 14.4. The lowest BCUT2D eigenvalue weighted by Crippen LogP contribution is -2.51. The van der Waals surface area contributed by atoms with Gasteiger partial charge in [0.15, 0.2) is 0 Å². The maximum atomic E-state index is 13.7. The molecular weight excluding hydrogens is 622 g/mol. The molecule has 2 saturated heterocycles. The van der Waals surface area contributed by atoms with E-state index in [9.17, 15) is 22.8 Å². The van der Waals surface area contributed by atoms with Crippen molar-refractivity contribution in [2.75, 3.05) is 12.4 Å². The predicted octanol–water partition coefficient (Wildman–Crippen LogP) is 8.32. The molecule has 2 aliphatic heterocycles. The number of carbonyl (C=O) groups excluding carboxylic acids is 2. The molecule has 0 spiro atoms. The summed E-state index contributed by atoms with van der Waals surface area (Å²) < 4.78 is 57.7. The molecular formula is C31H30Cl2F3N3O5. The smallest absolute Gasteiger partial charge is 0.417 e. The molecule has 13 heteroatoms. The van der Waals surface area contributed by atoms with Gasteiger partial charge in [-0.25, -0.2) is 9.59 Å². The third kappa shape index (κ3) is 5.89. The number of urea groups is 1. The Bertz CT molecular complexity index is 1570. The van der Waals surface area contributed by atoms with E-state index in [1.165, 1.54) is 6.07 Å². The fraction of sp³-hybridized carbons (Fsp3) is 0.452. The number of carbonyl (C=O) groups is 2. The first-order chi connectivity index (χ1) is 21.0. The van der Waals surface area contributed by atoms with Gasteiger partial charge in [-0.2, -0.15) is 13.2 Å². The molecule has 4 atom stereocenters. The fourth-order valence-corrected chi connectivity index (χ4v) is 7.08. The molecule has 8 nitrogen and oxygen atoms in total. The largest absolute Gasteiger partial charge is 0.465 e. The second-order valence-electron chi connectivity index (χ2n) is 11.7. The van der Waals surface area contributed by atoms with Crippen LogP contribution in [0.2, 0.25) is 10.0 Å². The van der Waals surface area contributed by atoms with Crippen molar-refractivity contribution in [1.82, 2.24) is 10.1 Å². The number of anilines is 1. The normalized spacial score (nSPS) is 23.1. The zero-order valence-corrected chi connectivity index (χ0v) is 25.4. The van der Waals surface area contributed by atoms with Gasteiger partial charge in [-0.1, -0.05) is 41.3 Å². The quantitative estimate of drug-likeness (QED) is 0.258. The van der Waals surface area contributed by atoms with Gasteiger partial charge in [0, 0.05) is 34.8 Å². The van der Waals surface area contributed by atoms with Crippen molar-refractivity contribution in [3.63, 3.8) is 0 Å². The molecule has 1 aliphatic carbocycles. The van der Waals surface area contributed by atoms with Gasteiger partial charge in [-0.3, -0.25) is 0 Å². The number of benzene rings is 2. The van der Waals surface area contributed by atoms with Gasteiger partial charge in [-0.15, -0.1) is 0 Å². The highest BCUT2D eigenvalue weighted by Crippen LogP contribution is 2.47. The van der Waals surface area contributed by atoms with E-state index in [4.69, 9.17) is 32.5 Å². The molecule has 44 heavy (non-hydrogen) atoms. The Morgan fingerprint density at radius 1 is 1.11 bits per heavy atom. The van der Waals surface area contributed by atoms with Gasteiger partial charge in [-0.05, 0) is 68.4 Å². The van der Waals surface area contributed by atoms with Crippen LogP contribution in [0.1, 0.15) is 72.2 Å². The minimum atomic E-state index is -4.81. The molecule has 234 valence electrons. The summed E-state index contributed by atoms with van der Waals surface area (Å²) in [6, 6.07) is 7.46. The van der Waals surface area contributed by atoms with E-state index in [-0.39, 0.29) is 42.3 Å². The molecule has 3 fully saturated rings. The number of piperidine rings is 1. The average molecular weight is 652 g/mol. The number of nitrogens with one attached hydrogen (secondary N) is 1. The number of halogens is 5. The van der Waals surface area contributed by atoms with Crippen LogP contribution in [-0.4, -0.2) is 47.4 Å². The van der Waals surface area contributed by atoms with E-state index in [0.717, 1.165) is 49.8 Å². The van der Waals surface area contributed by atoms with Crippen LogP contribution in [-0.2, 0) is 22.3 Å². The SMILES string of the molecule is COC(=O)c1ccc(NC(=O)N2C3C[C@H](OCc4c(-c5c(Cl)cccc5Cl)noc4C4CC4)CC2[C@H](C)C3)cc1C(F)(F)F. The Kier molecular flexibility index (Phi) is 8.32. The van der Waals surface area contributed by atoms with E-state index in [1.54, 1.807) is 23.1 Å². The summed E-state index contributed by atoms with van der Waals surface area (Å²) in [4.78, 5) is 27.0. The molecule has 2 aromatic carbocycles. The van der Waals surface area contributed by atoms with Gasteiger partial charge in [0.25, 0.3) is 0 Å². The van der Waals surface area contributed by atoms with Crippen LogP contribution < -0.4 is 5.32 Å². The first kappa shape index (κ1) is 30.7.